The number of hydrogen-bond donors (Lipinski definition) is 1. The highest BCUT2D eigenvalue weighted by Gasteiger charge is 2.16. The van der Waals surface area contributed by atoms with Crippen LogP contribution in [0.15, 0.2) is 42.5 Å². The van der Waals surface area contributed by atoms with Gasteiger partial charge in [0.05, 0.1) is 12.2 Å². The Morgan fingerprint density at radius 1 is 1.14 bits per heavy atom. The number of nitrogens with one attached hydrogen (secondary N) is 1. The molecule has 1 N–H and O–H groups in total. The standard InChI is InChI=1S/C24H30N2O3/c1-4-29-24(28)21-11-12-22(18(3)14-21)25-23(27)20-9-7-19(8-10-20)16-26-13-5-6-17(2)15-26/h7-12,14,17H,4-6,13,15-16H2,1-3H3,(H,25,27)/t17-/m1/s1. The van der Waals surface area contributed by atoms with Gasteiger partial charge >= 0.3 is 5.97 Å². The van der Waals surface area contributed by atoms with Crippen molar-refractivity contribution in [3.05, 3.63) is 64.7 Å². The minimum atomic E-state index is -0.354. The molecular weight excluding hydrogens is 364 g/mol. The molecule has 29 heavy (non-hydrogen) atoms. The maximum Gasteiger partial charge on any atom is 0.338 e. The van der Waals surface area contributed by atoms with E-state index in [2.05, 4.69) is 17.1 Å². The molecule has 0 spiro atoms. The first-order chi connectivity index (χ1) is 14.0. The largest absolute Gasteiger partial charge is 0.462 e. The van der Waals surface area contributed by atoms with Crippen LogP contribution in [-0.4, -0.2) is 36.5 Å². The normalized spacial score (nSPS) is 17.0. The predicted molar refractivity (Wildman–Crippen MR) is 115 cm³/mol. The van der Waals surface area contributed by atoms with Gasteiger partial charge in [0, 0.05) is 24.3 Å². The number of hydrogen-bond acceptors (Lipinski definition) is 4. The Kier molecular flexibility index (Phi) is 7.04. The smallest absolute Gasteiger partial charge is 0.338 e. The topological polar surface area (TPSA) is 58.6 Å². The maximum atomic E-state index is 12.6. The third kappa shape index (κ3) is 5.67. The number of rotatable bonds is 6. The second kappa shape index (κ2) is 9.70. The third-order valence-electron chi connectivity index (χ3n) is 5.35. The highest BCUT2D eigenvalue weighted by molar-refractivity contribution is 6.05. The average Bonchev–Trinajstić information content (AvgIpc) is 2.70. The van der Waals surface area contributed by atoms with Crippen LogP contribution in [0.5, 0.6) is 0 Å². The Morgan fingerprint density at radius 2 is 1.86 bits per heavy atom. The van der Waals surface area contributed by atoms with Gasteiger partial charge < -0.3 is 10.1 Å². The molecule has 0 bridgehead atoms. The van der Waals surface area contributed by atoms with E-state index in [1.54, 1.807) is 25.1 Å². The fraction of sp³-hybridized carbons (Fsp3) is 0.417. The molecule has 0 aromatic heterocycles. The molecule has 3 rings (SSSR count). The molecule has 1 heterocycles. The van der Waals surface area contributed by atoms with E-state index in [1.807, 2.05) is 31.2 Å². The fourth-order valence-electron chi connectivity index (χ4n) is 3.79. The molecule has 5 heteroatoms. The lowest BCUT2D eigenvalue weighted by Gasteiger charge is -2.30. The number of likely N-dealkylation sites (tertiary alicyclic amines) is 1. The Morgan fingerprint density at radius 3 is 2.52 bits per heavy atom. The maximum absolute atomic E-state index is 12.6. The van der Waals surface area contributed by atoms with Crippen molar-refractivity contribution in [2.24, 2.45) is 5.92 Å². The molecule has 5 nitrogen and oxygen atoms in total. The number of carbonyl (C=O) groups excluding carboxylic acids is 2. The van der Waals surface area contributed by atoms with E-state index in [0.717, 1.165) is 31.1 Å². The summed E-state index contributed by atoms with van der Waals surface area (Å²) >= 11 is 0. The van der Waals surface area contributed by atoms with Crippen molar-refractivity contribution in [2.75, 3.05) is 25.0 Å². The van der Waals surface area contributed by atoms with Gasteiger partial charge in [-0.2, -0.15) is 0 Å². The molecule has 1 fully saturated rings. The number of esters is 1. The highest BCUT2D eigenvalue weighted by Crippen LogP contribution is 2.20. The lowest BCUT2D eigenvalue weighted by molar-refractivity contribution is 0.0526. The molecular formula is C24H30N2O3. The highest BCUT2D eigenvalue weighted by atomic mass is 16.5. The van der Waals surface area contributed by atoms with Crippen molar-refractivity contribution >= 4 is 17.6 Å². The van der Waals surface area contributed by atoms with Crippen molar-refractivity contribution in [2.45, 2.75) is 40.2 Å². The summed E-state index contributed by atoms with van der Waals surface area (Å²) in [7, 11) is 0. The van der Waals surface area contributed by atoms with E-state index in [0.29, 0.717) is 23.4 Å². The van der Waals surface area contributed by atoms with Crippen LogP contribution in [0.1, 0.15) is 58.5 Å². The number of benzene rings is 2. The van der Waals surface area contributed by atoms with Gasteiger partial charge in [-0.05, 0) is 80.6 Å². The molecule has 0 aliphatic carbocycles. The first-order valence-corrected chi connectivity index (χ1v) is 10.4. The molecule has 1 saturated heterocycles. The quantitative estimate of drug-likeness (QED) is 0.724. The zero-order valence-corrected chi connectivity index (χ0v) is 17.5. The van der Waals surface area contributed by atoms with E-state index in [4.69, 9.17) is 4.74 Å². The number of nitrogens with zero attached hydrogens (tertiary/aromatic N) is 1. The van der Waals surface area contributed by atoms with Gasteiger partial charge in [-0.15, -0.1) is 0 Å². The number of ether oxygens (including phenoxy) is 1. The SMILES string of the molecule is CCOC(=O)c1ccc(NC(=O)c2ccc(CN3CCC[C@@H](C)C3)cc2)c(C)c1. The Balaban J connectivity index is 1.61. The lowest BCUT2D eigenvalue weighted by atomic mass is 9.99. The zero-order valence-electron chi connectivity index (χ0n) is 17.5. The average molecular weight is 395 g/mol. The van der Waals surface area contributed by atoms with Gasteiger partial charge in [-0.1, -0.05) is 19.1 Å². The van der Waals surface area contributed by atoms with Gasteiger partial charge in [0.1, 0.15) is 0 Å². The van der Waals surface area contributed by atoms with Crippen LogP contribution < -0.4 is 5.32 Å². The summed E-state index contributed by atoms with van der Waals surface area (Å²) in [5, 5.41) is 2.93. The molecule has 1 aliphatic heterocycles. The van der Waals surface area contributed by atoms with Crippen LogP contribution in [0.2, 0.25) is 0 Å². The molecule has 154 valence electrons. The summed E-state index contributed by atoms with van der Waals surface area (Å²) in [6, 6.07) is 13.0. The van der Waals surface area contributed by atoms with E-state index >= 15 is 0 Å². The first-order valence-electron chi connectivity index (χ1n) is 10.4. The summed E-state index contributed by atoms with van der Waals surface area (Å²) in [4.78, 5) is 26.9. The second-order valence-electron chi connectivity index (χ2n) is 7.88. The molecule has 2 aromatic carbocycles. The second-order valence-corrected chi connectivity index (χ2v) is 7.88. The summed E-state index contributed by atoms with van der Waals surface area (Å²) < 4.78 is 5.01. The van der Waals surface area contributed by atoms with Gasteiger partial charge in [-0.3, -0.25) is 9.69 Å². The van der Waals surface area contributed by atoms with Gasteiger partial charge in [0.25, 0.3) is 5.91 Å². The van der Waals surface area contributed by atoms with Crippen molar-refractivity contribution in [1.82, 2.24) is 4.90 Å². The van der Waals surface area contributed by atoms with E-state index in [1.165, 1.54) is 18.4 Å². The summed E-state index contributed by atoms with van der Waals surface area (Å²) in [6.45, 7) is 9.50. The molecule has 1 atom stereocenters. The van der Waals surface area contributed by atoms with Crippen LogP contribution in [0.4, 0.5) is 5.69 Å². The van der Waals surface area contributed by atoms with E-state index in [9.17, 15) is 9.59 Å². The molecule has 2 aromatic rings. The van der Waals surface area contributed by atoms with Crippen LogP contribution >= 0.6 is 0 Å². The number of amides is 1. The predicted octanol–water partition coefficient (Wildman–Crippen LogP) is 4.66. The molecule has 0 radical (unpaired) electrons. The van der Waals surface area contributed by atoms with E-state index < -0.39 is 0 Å². The number of anilines is 1. The molecule has 1 amide bonds. The van der Waals surface area contributed by atoms with Crippen molar-refractivity contribution in [1.29, 1.82) is 0 Å². The van der Waals surface area contributed by atoms with Crippen LogP contribution in [0.25, 0.3) is 0 Å². The Labute approximate surface area is 173 Å². The molecule has 0 unspecified atom stereocenters. The third-order valence-corrected chi connectivity index (χ3v) is 5.35. The zero-order chi connectivity index (χ0) is 20.8. The fourth-order valence-corrected chi connectivity index (χ4v) is 3.79. The molecule has 1 aliphatic rings. The summed E-state index contributed by atoms with van der Waals surface area (Å²) in [5.74, 6) is 0.245. The van der Waals surface area contributed by atoms with Crippen LogP contribution in [0, 0.1) is 12.8 Å². The number of aryl methyl sites for hydroxylation is 1. The van der Waals surface area contributed by atoms with Crippen molar-refractivity contribution in [3.8, 4) is 0 Å². The number of piperidine rings is 1. The van der Waals surface area contributed by atoms with Crippen LogP contribution in [0.3, 0.4) is 0 Å². The summed E-state index contributed by atoms with van der Waals surface area (Å²) in [5.41, 5.74) is 3.84. The van der Waals surface area contributed by atoms with Crippen molar-refractivity contribution in [3.63, 3.8) is 0 Å². The minimum Gasteiger partial charge on any atom is -0.462 e. The van der Waals surface area contributed by atoms with Gasteiger partial charge in [-0.25, -0.2) is 4.79 Å². The van der Waals surface area contributed by atoms with Gasteiger partial charge in [0.2, 0.25) is 0 Å². The monoisotopic (exact) mass is 394 g/mol. The number of carbonyl (C=O) groups is 2. The van der Waals surface area contributed by atoms with E-state index in [-0.39, 0.29) is 11.9 Å². The molecule has 0 saturated carbocycles. The Hall–Kier alpha value is -2.66. The lowest BCUT2D eigenvalue weighted by Crippen LogP contribution is -2.33. The van der Waals surface area contributed by atoms with Gasteiger partial charge in [0.15, 0.2) is 0 Å². The van der Waals surface area contributed by atoms with Crippen molar-refractivity contribution < 1.29 is 14.3 Å². The Bertz CT molecular complexity index is 861. The summed E-state index contributed by atoms with van der Waals surface area (Å²) in [6.07, 6.45) is 2.58. The van der Waals surface area contributed by atoms with Crippen LogP contribution in [-0.2, 0) is 11.3 Å². The first kappa shape index (κ1) is 21.1. The minimum absolute atomic E-state index is 0.157.